The number of nitrogens with one attached hydrogen (secondary N) is 1. The molecule has 2 aromatic rings. The maximum Gasteiger partial charge on any atom is 0.345 e. The number of thiophene rings is 1. The van der Waals surface area contributed by atoms with Crippen LogP contribution in [0.2, 0.25) is 0 Å². The third-order valence-electron chi connectivity index (χ3n) is 3.79. The van der Waals surface area contributed by atoms with E-state index in [0.29, 0.717) is 6.54 Å². The number of aromatic nitrogens is 3. The number of rotatable bonds is 5. The first kappa shape index (κ1) is 13.6. The summed E-state index contributed by atoms with van der Waals surface area (Å²) in [4.78, 5) is 13.5. The molecule has 0 saturated carbocycles. The highest BCUT2D eigenvalue weighted by Crippen LogP contribution is 2.14. The Hall–Kier alpha value is -1.40. The molecule has 1 aliphatic heterocycles. The Kier molecular flexibility index (Phi) is 4.03. The molecule has 0 radical (unpaired) electrons. The summed E-state index contributed by atoms with van der Waals surface area (Å²) < 4.78 is 3.43. The number of nitrogens with zero attached hydrogens (tertiary/aromatic N) is 3. The van der Waals surface area contributed by atoms with Gasteiger partial charge in [-0.2, -0.15) is 5.10 Å². The summed E-state index contributed by atoms with van der Waals surface area (Å²) in [6.07, 6.45) is 3.17. The fourth-order valence-corrected chi connectivity index (χ4v) is 3.44. The maximum atomic E-state index is 12.1. The van der Waals surface area contributed by atoms with Gasteiger partial charge >= 0.3 is 5.69 Å². The van der Waals surface area contributed by atoms with E-state index in [9.17, 15) is 4.79 Å². The average Bonchev–Trinajstić information content (AvgIpc) is 3.00. The molecule has 0 fully saturated rings. The predicted octanol–water partition coefficient (Wildman–Crippen LogP) is 1.54. The molecule has 108 valence electrons. The summed E-state index contributed by atoms with van der Waals surface area (Å²) in [5.74, 6) is 0.954. The fraction of sp³-hybridized carbons (Fsp3) is 0.571. The molecule has 3 rings (SSSR count). The van der Waals surface area contributed by atoms with Crippen molar-refractivity contribution in [2.75, 3.05) is 6.54 Å². The van der Waals surface area contributed by atoms with Gasteiger partial charge in [0, 0.05) is 30.9 Å². The van der Waals surface area contributed by atoms with Crippen molar-refractivity contribution < 1.29 is 0 Å². The van der Waals surface area contributed by atoms with Crippen LogP contribution in [-0.4, -0.2) is 20.9 Å². The molecule has 0 aliphatic carbocycles. The van der Waals surface area contributed by atoms with E-state index in [-0.39, 0.29) is 5.69 Å². The van der Waals surface area contributed by atoms with Crippen LogP contribution in [0.4, 0.5) is 0 Å². The molecule has 20 heavy (non-hydrogen) atoms. The molecule has 0 amide bonds. The fourth-order valence-electron chi connectivity index (χ4n) is 2.57. The van der Waals surface area contributed by atoms with Gasteiger partial charge in [0.1, 0.15) is 5.82 Å². The summed E-state index contributed by atoms with van der Waals surface area (Å²) in [6.45, 7) is 5.24. The molecule has 2 aromatic heterocycles. The second-order valence-corrected chi connectivity index (χ2v) is 6.23. The molecule has 0 unspecified atom stereocenters. The van der Waals surface area contributed by atoms with Crippen LogP contribution < -0.4 is 11.0 Å². The van der Waals surface area contributed by atoms with Gasteiger partial charge in [0.05, 0.1) is 6.54 Å². The van der Waals surface area contributed by atoms with Crippen LogP contribution >= 0.6 is 11.3 Å². The molecular formula is C14H20N4OS. The van der Waals surface area contributed by atoms with Gasteiger partial charge in [-0.05, 0) is 36.8 Å². The van der Waals surface area contributed by atoms with Gasteiger partial charge in [-0.3, -0.25) is 4.57 Å². The smallest absolute Gasteiger partial charge is 0.310 e. The largest absolute Gasteiger partial charge is 0.345 e. The zero-order valence-electron chi connectivity index (χ0n) is 11.8. The van der Waals surface area contributed by atoms with Crippen molar-refractivity contribution in [3.63, 3.8) is 0 Å². The molecule has 0 atom stereocenters. The van der Waals surface area contributed by atoms with Crippen LogP contribution in [0.5, 0.6) is 0 Å². The van der Waals surface area contributed by atoms with E-state index >= 15 is 0 Å². The van der Waals surface area contributed by atoms with E-state index in [4.69, 9.17) is 0 Å². The van der Waals surface area contributed by atoms with E-state index in [1.807, 2.05) is 4.57 Å². The quantitative estimate of drug-likeness (QED) is 0.851. The lowest BCUT2D eigenvalue weighted by Crippen LogP contribution is -2.30. The standard InChI is InChI=1S/C14H20N4OS/c1-11-5-9-20-12(11)10-15-6-8-18-14(19)17-7-3-2-4-13(17)16-18/h5,9,15H,2-4,6-8,10H2,1H3. The zero-order chi connectivity index (χ0) is 13.9. The Morgan fingerprint density at radius 2 is 2.35 bits per heavy atom. The Morgan fingerprint density at radius 3 is 3.10 bits per heavy atom. The Balaban J connectivity index is 1.55. The van der Waals surface area contributed by atoms with Crippen molar-refractivity contribution >= 4 is 11.3 Å². The Morgan fingerprint density at radius 1 is 1.45 bits per heavy atom. The average molecular weight is 292 g/mol. The third-order valence-corrected chi connectivity index (χ3v) is 4.81. The van der Waals surface area contributed by atoms with Gasteiger partial charge in [-0.15, -0.1) is 11.3 Å². The summed E-state index contributed by atoms with van der Waals surface area (Å²) >= 11 is 1.77. The summed E-state index contributed by atoms with van der Waals surface area (Å²) in [5.41, 5.74) is 1.38. The first-order valence-corrected chi connectivity index (χ1v) is 8.04. The second-order valence-electron chi connectivity index (χ2n) is 5.23. The van der Waals surface area contributed by atoms with Crippen LogP contribution in [0.25, 0.3) is 0 Å². The normalized spacial score (nSPS) is 14.4. The topological polar surface area (TPSA) is 51.9 Å². The van der Waals surface area contributed by atoms with Crippen LogP contribution in [0.15, 0.2) is 16.2 Å². The molecule has 3 heterocycles. The summed E-state index contributed by atoms with van der Waals surface area (Å²) in [6, 6.07) is 2.13. The van der Waals surface area contributed by atoms with Crippen LogP contribution in [0, 0.1) is 6.92 Å². The Bertz CT molecular complexity index is 640. The van der Waals surface area contributed by atoms with Crippen molar-refractivity contribution in [1.82, 2.24) is 19.7 Å². The monoisotopic (exact) mass is 292 g/mol. The zero-order valence-corrected chi connectivity index (χ0v) is 12.6. The van der Waals surface area contributed by atoms with Crippen molar-refractivity contribution in [1.29, 1.82) is 0 Å². The molecule has 0 bridgehead atoms. The van der Waals surface area contributed by atoms with Crippen LogP contribution in [-0.2, 0) is 26.1 Å². The summed E-state index contributed by atoms with van der Waals surface area (Å²) in [5, 5.41) is 9.93. The van der Waals surface area contributed by atoms with E-state index in [2.05, 4.69) is 28.8 Å². The minimum atomic E-state index is 0.0498. The minimum absolute atomic E-state index is 0.0498. The van der Waals surface area contributed by atoms with Crippen molar-refractivity contribution in [3.8, 4) is 0 Å². The second kappa shape index (κ2) is 5.93. The van der Waals surface area contributed by atoms with E-state index in [1.54, 1.807) is 16.0 Å². The van der Waals surface area contributed by atoms with Crippen molar-refractivity contribution in [3.05, 3.63) is 38.2 Å². The molecule has 0 aromatic carbocycles. The highest BCUT2D eigenvalue weighted by Gasteiger charge is 2.16. The van der Waals surface area contributed by atoms with Crippen molar-refractivity contribution in [2.45, 2.75) is 45.8 Å². The molecule has 1 N–H and O–H groups in total. The molecule has 5 nitrogen and oxygen atoms in total. The van der Waals surface area contributed by atoms with Gasteiger partial charge in [0.15, 0.2) is 0 Å². The van der Waals surface area contributed by atoms with Gasteiger partial charge in [-0.1, -0.05) is 0 Å². The number of fused-ring (bicyclic) bond motifs is 1. The van der Waals surface area contributed by atoms with Crippen LogP contribution in [0.3, 0.4) is 0 Å². The number of hydrogen-bond acceptors (Lipinski definition) is 4. The van der Waals surface area contributed by atoms with Crippen molar-refractivity contribution in [2.24, 2.45) is 0 Å². The third kappa shape index (κ3) is 2.71. The first-order valence-electron chi connectivity index (χ1n) is 7.16. The lowest BCUT2D eigenvalue weighted by Gasteiger charge is -2.09. The minimum Gasteiger partial charge on any atom is -0.310 e. The molecule has 6 heteroatoms. The van der Waals surface area contributed by atoms with Gasteiger partial charge in [0.25, 0.3) is 0 Å². The van der Waals surface area contributed by atoms with E-state index < -0.39 is 0 Å². The van der Waals surface area contributed by atoms with E-state index in [1.165, 1.54) is 10.4 Å². The predicted molar refractivity (Wildman–Crippen MR) is 80.2 cm³/mol. The molecule has 0 saturated heterocycles. The Labute approximate surface area is 122 Å². The van der Waals surface area contributed by atoms with Gasteiger partial charge in [0.2, 0.25) is 0 Å². The van der Waals surface area contributed by atoms with Crippen LogP contribution in [0.1, 0.15) is 29.1 Å². The molecule has 0 spiro atoms. The maximum absolute atomic E-state index is 12.1. The van der Waals surface area contributed by atoms with Gasteiger partial charge in [-0.25, -0.2) is 9.48 Å². The molecule has 1 aliphatic rings. The summed E-state index contributed by atoms with van der Waals surface area (Å²) in [7, 11) is 0. The first-order chi connectivity index (χ1) is 9.75. The number of hydrogen-bond donors (Lipinski definition) is 1. The number of aryl methyl sites for hydroxylation is 2. The van der Waals surface area contributed by atoms with E-state index in [0.717, 1.165) is 44.7 Å². The van der Waals surface area contributed by atoms with Gasteiger partial charge < -0.3 is 5.32 Å². The lowest BCUT2D eigenvalue weighted by molar-refractivity contribution is 0.508. The highest BCUT2D eigenvalue weighted by molar-refractivity contribution is 7.10. The molecular weight excluding hydrogens is 272 g/mol. The lowest BCUT2D eigenvalue weighted by atomic mass is 10.2. The SMILES string of the molecule is Cc1ccsc1CNCCn1nc2n(c1=O)CCCC2. The highest BCUT2D eigenvalue weighted by atomic mass is 32.1.